The van der Waals surface area contributed by atoms with E-state index in [1.165, 1.54) is 0 Å². The van der Waals surface area contributed by atoms with Gasteiger partial charge in [0.05, 0.1) is 5.41 Å². The number of urea groups is 1. The van der Waals surface area contributed by atoms with E-state index in [0.29, 0.717) is 25.9 Å². The maximum atomic E-state index is 12.1. The van der Waals surface area contributed by atoms with Crippen LogP contribution in [0.3, 0.4) is 0 Å². The van der Waals surface area contributed by atoms with Gasteiger partial charge in [0, 0.05) is 32.1 Å². The number of nitrogens with one attached hydrogen (secondary N) is 2. The van der Waals surface area contributed by atoms with Crippen LogP contribution in [0.15, 0.2) is 0 Å². The van der Waals surface area contributed by atoms with Crippen LogP contribution in [0.5, 0.6) is 0 Å². The summed E-state index contributed by atoms with van der Waals surface area (Å²) in [5.41, 5.74) is -0.848. The van der Waals surface area contributed by atoms with Gasteiger partial charge in [0.15, 0.2) is 0 Å². The Morgan fingerprint density at radius 1 is 1.52 bits per heavy atom. The van der Waals surface area contributed by atoms with Crippen molar-refractivity contribution < 1.29 is 19.5 Å². The van der Waals surface area contributed by atoms with Crippen LogP contribution in [0.1, 0.15) is 33.1 Å². The van der Waals surface area contributed by atoms with Crippen molar-refractivity contribution in [3.63, 3.8) is 0 Å². The van der Waals surface area contributed by atoms with Crippen molar-refractivity contribution in [2.45, 2.75) is 39.2 Å². The van der Waals surface area contributed by atoms with Gasteiger partial charge in [-0.1, -0.05) is 13.8 Å². The molecule has 2 saturated heterocycles. The molecule has 2 aliphatic heterocycles. The van der Waals surface area contributed by atoms with Crippen LogP contribution in [0, 0.1) is 11.3 Å². The summed E-state index contributed by atoms with van der Waals surface area (Å²) in [7, 11) is 0. The van der Waals surface area contributed by atoms with Gasteiger partial charge in [0.2, 0.25) is 5.91 Å². The monoisotopic (exact) mass is 297 g/mol. The Morgan fingerprint density at radius 3 is 2.71 bits per heavy atom. The maximum Gasteiger partial charge on any atom is 0.317 e. The van der Waals surface area contributed by atoms with Gasteiger partial charge in [-0.15, -0.1) is 0 Å². The Kier molecular flexibility index (Phi) is 4.39. The minimum absolute atomic E-state index is 0.0140. The summed E-state index contributed by atoms with van der Waals surface area (Å²) in [6.45, 7) is 4.84. The summed E-state index contributed by atoms with van der Waals surface area (Å²) >= 11 is 0. The summed E-state index contributed by atoms with van der Waals surface area (Å²) in [4.78, 5) is 36.3. The van der Waals surface area contributed by atoms with E-state index < -0.39 is 11.4 Å². The third kappa shape index (κ3) is 3.11. The number of carboxylic acids is 1. The molecule has 0 saturated carbocycles. The molecule has 0 aromatic rings. The number of carboxylic acid groups (broad SMARTS) is 1. The molecule has 0 spiro atoms. The lowest BCUT2D eigenvalue weighted by Crippen LogP contribution is -2.46. The number of carbonyl (C=O) groups excluding carboxylic acids is 2. The van der Waals surface area contributed by atoms with Gasteiger partial charge in [-0.25, -0.2) is 4.79 Å². The molecule has 0 aromatic heterocycles. The molecule has 2 rings (SSSR count). The van der Waals surface area contributed by atoms with E-state index in [9.17, 15) is 19.5 Å². The third-order valence-corrected chi connectivity index (χ3v) is 4.70. The molecule has 118 valence electrons. The van der Waals surface area contributed by atoms with Crippen molar-refractivity contribution in [1.29, 1.82) is 0 Å². The second-order valence-electron chi connectivity index (χ2n) is 6.28. The van der Waals surface area contributed by atoms with Crippen LogP contribution in [0.4, 0.5) is 4.79 Å². The summed E-state index contributed by atoms with van der Waals surface area (Å²) in [5, 5.41) is 15.0. The molecule has 21 heavy (non-hydrogen) atoms. The van der Waals surface area contributed by atoms with Crippen LogP contribution in [0.25, 0.3) is 0 Å². The second kappa shape index (κ2) is 5.91. The Balaban J connectivity index is 1.87. The first kappa shape index (κ1) is 15.6. The van der Waals surface area contributed by atoms with E-state index in [2.05, 4.69) is 10.6 Å². The third-order valence-electron chi connectivity index (χ3n) is 4.70. The number of amides is 3. The van der Waals surface area contributed by atoms with Gasteiger partial charge in [0.1, 0.15) is 0 Å². The Morgan fingerprint density at radius 2 is 2.24 bits per heavy atom. The van der Waals surface area contributed by atoms with Crippen molar-refractivity contribution in [2.75, 3.05) is 19.6 Å². The van der Waals surface area contributed by atoms with Crippen LogP contribution in [-0.2, 0) is 9.59 Å². The van der Waals surface area contributed by atoms with E-state index >= 15 is 0 Å². The average Bonchev–Trinajstić information content (AvgIpc) is 3.03. The zero-order valence-electron chi connectivity index (χ0n) is 12.5. The summed E-state index contributed by atoms with van der Waals surface area (Å²) in [6.07, 6.45) is 1.71. The van der Waals surface area contributed by atoms with Crippen LogP contribution >= 0.6 is 0 Å². The fourth-order valence-corrected chi connectivity index (χ4v) is 3.05. The normalized spacial score (nSPS) is 28.8. The fourth-order valence-electron chi connectivity index (χ4n) is 3.05. The first-order chi connectivity index (χ1) is 9.85. The Bertz CT molecular complexity index is 452. The predicted molar refractivity (Wildman–Crippen MR) is 75.7 cm³/mol. The first-order valence-corrected chi connectivity index (χ1v) is 7.40. The highest BCUT2D eigenvalue weighted by atomic mass is 16.4. The van der Waals surface area contributed by atoms with Crippen molar-refractivity contribution in [3.05, 3.63) is 0 Å². The van der Waals surface area contributed by atoms with Crippen molar-refractivity contribution >= 4 is 17.9 Å². The molecular formula is C14H23N3O4. The minimum Gasteiger partial charge on any atom is -0.481 e. The van der Waals surface area contributed by atoms with E-state index in [4.69, 9.17) is 0 Å². The highest BCUT2D eigenvalue weighted by molar-refractivity contribution is 5.80. The van der Waals surface area contributed by atoms with Gasteiger partial charge in [-0.3, -0.25) is 9.59 Å². The number of carbonyl (C=O) groups is 3. The molecule has 2 atom stereocenters. The highest BCUT2D eigenvalue weighted by Gasteiger charge is 2.48. The minimum atomic E-state index is -0.848. The Labute approximate surface area is 124 Å². The number of rotatable bonds is 4. The smallest absolute Gasteiger partial charge is 0.317 e. The Hall–Kier alpha value is -1.79. The fraction of sp³-hybridized carbons (Fsp3) is 0.786. The summed E-state index contributed by atoms with van der Waals surface area (Å²) in [6, 6.07) is -0.265. The number of hydrogen-bond donors (Lipinski definition) is 3. The number of likely N-dealkylation sites (tertiary alicyclic amines) is 1. The molecule has 2 aliphatic rings. The molecular weight excluding hydrogens is 274 g/mol. The maximum absolute atomic E-state index is 12.1. The predicted octanol–water partition coefficient (Wildman–Crippen LogP) is 0.407. The first-order valence-electron chi connectivity index (χ1n) is 7.40. The quantitative estimate of drug-likeness (QED) is 0.700. The number of nitrogens with zero attached hydrogens (tertiary/aromatic N) is 1. The summed E-state index contributed by atoms with van der Waals surface area (Å²) in [5.74, 6) is -0.849. The molecule has 2 unspecified atom stereocenters. The lowest BCUT2D eigenvalue weighted by Gasteiger charge is -2.28. The van der Waals surface area contributed by atoms with E-state index in [1.807, 2.05) is 13.8 Å². The standard InChI is InChI=1S/C14H23N3O4/c1-9(2)14(12(19)20)5-6-17(8-14)13(21)15-7-10-3-4-11(18)16-10/h9-10H,3-8H2,1-2H3,(H,15,21)(H,16,18)(H,19,20). The van der Waals surface area contributed by atoms with E-state index in [-0.39, 0.29) is 30.4 Å². The molecule has 3 amide bonds. The lowest BCUT2D eigenvalue weighted by atomic mass is 9.76. The molecule has 0 bridgehead atoms. The van der Waals surface area contributed by atoms with Crippen molar-refractivity contribution in [2.24, 2.45) is 11.3 Å². The van der Waals surface area contributed by atoms with Gasteiger partial charge < -0.3 is 20.6 Å². The topological polar surface area (TPSA) is 98.7 Å². The van der Waals surface area contributed by atoms with E-state index in [1.54, 1.807) is 4.90 Å². The van der Waals surface area contributed by atoms with Gasteiger partial charge in [-0.05, 0) is 18.8 Å². The molecule has 7 nitrogen and oxygen atoms in total. The second-order valence-corrected chi connectivity index (χ2v) is 6.28. The lowest BCUT2D eigenvalue weighted by molar-refractivity contribution is -0.150. The van der Waals surface area contributed by atoms with Crippen LogP contribution in [-0.4, -0.2) is 53.6 Å². The largest absolute Gasteiger partial charge is 0.481 e. The van der Waals surface area contributed by atoms with Crippen molar-refractivity contribution in [3.8, 4) is 0 Å². The molecule has 0 aliphatic carbocycles. The van der Waals surface area contributed by atoms with Gasteiger partial charge in [-0.2, -0.15) is 0 Å². The summed E-state index contributed by atoms with van der Waals surface area (Å²) < 4.78 is 0. The highest BCUT2D eigenvalue weighted by Crippen LogP contribution is 2.38. The molecule has 0 radical (unpaired) electrons. The average molecular weight is 297 g/mol. The SMILES string of the molecule is CC(C)C1(C(=O)O)CCN(C(=O)NCC2CCC(=O)N2)C1. The van der Waals surface area contributed by atoms with E-state index in [0.717, 1.165) is 6.42 Å². The molecule has 0 aromatic carbocycles. The zero-order valence-corrected chi connectivity index (χ0v) is 12.5. The van der Waals surface area contributed by atoms with Crippen LogP contribution < -0.4 is 10.6 Å². The molecule has 3 N–H and O–H groups in total. The van der Waals surface area contributed by atoms with Crippen LogP contribution in [0.2, 0.25) is 0 Å². The zero-order chi connectivity index (χ0) is 15.6. The molecule has 2 heterocycles. The molecule has 2 fully saturated rings. The molecule has 7 heteroatoms. The number of aliphatic carboxylic acids is 1. The number of hydrogen-bond acceptors (Lipinski definition) is 3. The van der Waals surface area contributed by atoms with Gasteiger partial charge >= 0.3 is 12.0 Å². The van der Waals surface area contributed by atoms with Gasteiger partial charge in [0.25, 0.3) is 0 Å². The van der Waals surface area contributed by atoms with Crippen molar-refractivity contribution in [1.82, 2.24) is 15.5 Å².